The van der Waals surface area contributed by atoms with Crippen LogP contribution in [0, 0.1) is 5.92 Å². The molecule has 0 amide bonds. The van der Waals surface area contributed by atoms with Crippen molar-refractivity contribution in [2.45, 2.75) is 65.9 Å². The van der Waals surface area contributed by atoms with Crippen molar-refractivity contribution in [3.63, 3.8) is 0 Å². The number of hydrogen-bond donors (Lipinski definition) is 0. The molecule has 18 heavy (non-hydrogen) atoms. The molecule has 0 N–H and O–H groups in total. The molecule has 0 bridgehead atoms. The highest BCUT2D eigenvalue weighted by Gasteiger charge is 2.12. The van der Waals surface area contributed by atoms with Gasteiger partial charge in [0.15, 0.2) is 0 Å². The second kappa shape index (κ2) is 9.92. The van der Waals surface area contributed by atoms with E-state index in [0.717, 1.165) is 19.3 Å². The van der Waals surface area contributed by atoms with Crippen LogP contribution in [0.1, 0.15) is 59.8 Å². The highest BCUT2D eigenvalue weighted by atomic mass is 16.5. The van der Waals surface area contributed by atoms with Crippen LogP contribution in [0.4, 0.5) is 0 Å². The number of ether oxygens (including phenoxy) is 2. The summed E-state index contributed by atoms with van der Waals surface area (Å²) >= 11 is 0. The van der Waals surface area contributed by atoms with E-state index >= 15 is 0 Å². The summed E-state index contributed by atoms with van der Waals surface area (Å²) in [6.45, 7) is 8.32. The maximum Gasteiger partial charge on any atom is 0.306 e. The third kappa shape index (κ3) is 10.1. The maximum absolute atomic E-state index is 11.4. The summed E-state index contributed by atoms with van der Waals surface area (Å²) in [6.07, 6.45) is 3.15. The van der Waals surface area contributed by atoms with Crippen LogP contribution < -0.4 is 0 Å². The van der Waals surface area contributed by atoms with Gasteiger partial charge in [0.05, 0.1) is 25.6 Å². The zero-order valence-corrected chi connectivity index (χ0v) is 12.0. The van der Waals surface area contributed by atoms with Gasteiger partial charge in [-0.1, -0.05) is 33.6 Å². The van der Waals surface area contributed by atoms with Gasteiger partial charge in [0, 0.05) is 0 Å². The van der Waals surface area contributed by atoms with Gasteiger partial charge in [0.25, 0.3) is 0 Å². The van der Waals surface area contributed by atoms with E-state index in [0.29, 0.717) is 12.5 Å². The lowest BCUT2D eigenvalue weighted by atomic mass is 10.2. The number of esters is 2. The van der Waals surface area contributed by atoms with E-state index in [4.69, 9.17) is 9.47 Å². The monoisotopic (exact) mass is 258 g/mol. The minimum Gasteiger partial charge on any atom is -0.465 e. The first-order valence-corrected chi connectivity index (χ1v) is 6.80. The van der Waals surface area contributed by atoms with Crippen LogP contribution in [0.15, 0.2) is 0 Å². The fourth-order valence-corrected chi connectivity index (χ4v) is 1.37. The average molecular weight is 258 g/mol. The SMILES string of the molecule is CCCCC(C)OC(=O)CCC(=O)OCC(C)C. The summed E-state index contributed by atoms with van der Waals surface area (Å²) in [7, 11) is 0. The summed E-state index contributed by atoms with van der Waals surface area (Å²) in [5.74, 6) is -0.336. The molecule has 106 valence electrons. The number of carbonyl (C=O) groups excluding carboxylic acids is 2. The second-order valence-electron chi connectivity index (χ2n) is 5.02. The summed E-state index contributed by atoms with van der Waals surface area (Å²) < 4.78 is 10.2. The molecule has 1 unspecified atom stereocenters. The largest absolute Gasteiger partial charge is 0.465 e. The molecule has 0 aromatic rings. The minimum absolute atomic E-state index is 0.0656. The first-order valence-electron chi connectivity index (χ1n) is 6.80. The van der Waals surface area contributed by atoms with E-state index in [1.807, 2.05) is 20.8 Å². The van der Waals surface area contributed by atoms with Gasteiger partial charge in [-0.2, -0.15) is 0 Å². The molecule has 0 heterocycles. The van der Waals surface area contributed by atoms with Crippen molar-refractivity contribution < 1.29 is 19.1 Å². The van der Waals surface area contributed by atoms with Gasteiger partial charge in [-0.05, 0) is 19.3 Å². The van der Waals surface area contributed by atoms with Crippen molar-refractivity contribution >= 4 is 11.9 Å². The Morgan fingerprint density at radius 1 is 1.06 bits per heavy atom. The van der Waals surface area contributed by atoms with Crippen molar-refractivity contribution in [3.05, 3.63) is 0 Å². The Kier molecular flexibility index (Phi) is 9.33. The fraction of sp³-hybridized carbons (Fsp3) is 0.857. The van der Waals surface area contributed by atoms with Gasteiger partial charge >= 0.3 is 11.9 Å². The molecule has 4 nitrogen and oxygen atoms in total. The van der Waals surface area contributed by atoms with Crippen LogP contribution in [0.3, 0.4) is 0 Å². The molecular formula is C14H26O4. The van der Waals surface area contributed by atoms with Crippen LogP contribution in [0.2, 0.25) is 0 Å². The lowest BCUT2D eigenvalue weighted by Crippen LogP contribution is -2.17. The van der Waals surface area contributed by atoms with Gasteiger partial charge in [-0.15, -0.1) is 0 Å². The Morgan fingerprint density at radius 2 is 1.67 bits per heavy atom. The Labute approximate surface area is 110 Å². The van der Waals surface area contributed by atoms with Crippen molar-refractivity contribution in [1.82, 2.24) is 0 Å². The Morgan fingerprint density at radius 3 is 2.22 bits per heavy atom. The molecule has 0 rings (SSSR count). The average Bonchev–Trinajstić information content (AvgIpc) is 2.31. The topological polar surface area (TPSA) is 52.6 Å². The van der Waals surface area contributed by atoms with Gasteiger partial charge in [0.1, 0.15) is 0 Å². The Bertz CT molecular complexity index is 248. The summed E-state index contributed by atoms with van der Waals surface area (Å²) in [4.78, 5) is 22.7. The van der Waals surface area contributed by atoms with Gasteiger partial charge in [-0.3, -0.25) is 9.59 Å². The highest BCUT2D eigenvalue weighted by Crippen LogP contribution is 2.06. The molecule has 0 aliphatic carbocycles. The number of hydrogen-bond acceptors (Lipinski definition) is 4. The predicted molar refractivity (Wildman–Crippen MR) is 70.1 cm³/mol. The van der Waals surface area contributed by atoms with E-state index in [9.17, 15) is 9.59 Å². The second-order valence-corrected chi connectivity index (χ2v) is 5.02. The third-order valence-corrected chi connectivity index (χ3v) is 2.41. The first-order chi connectivity index (χ1) is 8.45. The van der Waals surface area contributed by atoms with Crippen LogP contribution >= 0.6 is 0 Å². The van der Waals surface area contributed by atoms with Crippen LogP contribution in [0.25, 0.3) is 0 Å². The van der Waals surface area contributed by atoms with E-state index in [1.54, 1.807) is 0 Å². The Balaban J connectivity index is 3.66. The molecule has 1 atom stereocenters. The van der Waals surface area contributed by atoms with Crippen molar-refractivity contribution in [2.24, 2.45) is 5.92 Å². The van der Waals surface area contributed by atoms with Crippen LogP contribution in [-0.2, 0) is 19.1 Å². The van der Waals surface area contributed by atoms with E-state index in [-0.39, 0.29) is 30.9 Å². The molecule has 0 saturated carbocycles. The molecule has 0 aliphatic rings. The fourth-order valence-electron chi connectivity index (χ4n) is 1.37. The molecule has 0 radical (unpaired) electrons. The lowest BCUT2D eigenvalue weighted by molar-refractivity contribution is -0.153. The van der Waals surface area contributed by atoms with E-state index in [1.165, 1.54) is 0 Å². The molecular weight excluding hydrogens is 232 g/mol. The maximum atomic E-state index is 11.4. The molecule has 0 aromatic heterocycles. The number of unbranched alkanes of at least 4 members (excludes halogenated alkanes) is 1. The van der Waals surface area contributed by atoms with Gasteiger partial charge < -0.3 is 9.47 Å². The summed E-state index contributed by atoms with van der Waals surface area (Å²) in [5.41, 5.74) is 0. The smallest absolute Gasteiger partial charge is 0.306 e. The zero-order chi connectivity index (χ0) is 14.0. The van der Waals surface area contributed by atoms with Crippen LogP contribution in [-0.4, -0.2) is 24.6 Å². The van der Waals surface area contributed by atoms with E-state index in [2.05, 4.69) is 6.92 Å². The van der Waals surface area contributed by atoms with Crippen LogP contribution in [0.5, 0.6) is 0 Å². The van der Waals surface area contributed by atoms with Gasteiger partial charge in [0.2, 0.25) is 0 Å². The summed E-state index contributed by atoms with van der Waals surface area (Å²) in [5, 5.41) is 0. The Hall–Kier alpha value is -1.06. The molecule has 0 fully saturated rings. The third-order valence-electron chi connectivity index (χ3n) is 2.41. The molecule has 0 spiro atoms. The minimum atomic E-state index is -0.332. The van der Waals surface area contributed by atoms with Crippen molar-refractivity contribution in [2.75, 3.05) is 6.61 Å². The molecule has 0 saturated heterocycles. The standard InChI is InChI=1S/C14H26O4/c1-5-6-7-12(4)18-14(16)9-8-13(15)17-10-11(2)3/h11-12H,5-10H2,1-4H3. The lowest BCUT2D eigenvalue weighted by Gasteiger charge is -2.12. The number of rotatable bonds is 9. The first kappa shape index (κ1) is 16.9. The molecule has 0 aromatic carbocycles. The quantitative estimate of drug-likeness (QED) is 0.596. The van der Waals surface area contributed by atoms with Crippen molar-refractivity contribution in [1.29, 1.82) is 0 Å². The zero-order valence-electron chi connectivity index (χ0n) is 12.0. The molecule has 0 aliphatic heterocycles. The normalized spacial score (nSPS) is 12.3. The molecule has 4 heteroatoms. The highest BCUT2D eigenvalue weighted by molar-refractivity contribution is 5.77. The van der Waals surface area contributed by atoms with Crippen molar-refractivity contribution in [3.8, 4) is 0 Å². The van der Waals surface area contributed by atoms with Gasteiger partial charge in [-0.25, -0.2) is 0 Å². The number of carbonyl (C=O) groups is 2. The summed E-state index contributed by atoms with van der Waals surface area (Å²) in [6, 6.07) is 0. The predicted octanol–water partition coefficient (Wildman–Crippen LogP) is 3.09. The van der Waals surface area contributed by atoms with E-state index < -0.39 is 0 Å².